The molecular weight excluding hydrogens is 379 g/mol. The van der Waals surface area contributed by atoms with Crippen molar-refractivity contribution in [1.29, 1.82) is 0 Å². The summed E-state index contributed by atoms with van der Waals surface area (Å²) in [6, 6.07) is 11.0. The number of benzene rings is 2. The SMILES string of the molecule is CCOc1ccc(S(=O)(=O)N2CCN(c3ccc(F)c(Cl)c3)CC2)cc1. The second-order valence-electron chi connectivity index (χ2n) is 5.89. The fraction of sp³-hybridized carbons (Fsp3) is 0.333. The zero-order valence-corrected chi connectivity index (χ0v) is 15.9. The molecule has 0 saturated carbocycles. The fourth-order valence-corrected chi connectivity index (χ4v) is 4.49. The van der Waals surface area contributed by atoms with Crippen molar-refractivity contribution in [3.63, 3.8) is 0 Å². The maximum Gasteiger partial charge on any atom is 0.243 e. The summed E-state index contributed by atoms with van der Waals surface area (Å²) >= 11 is 5.83. The summed E-state index contributed by atoms with van der Waals surface area (Å²) in [5.74, 6) is 0.177. The molecule has 1 aliphatic rings. The van der Waals surface area contributed by atoms with Gasteiger partial charge in [0.1, 0.15) is 11.6 Å². The van der Waals surface area contributed by atoms with Crippen LogP contribution in [0.2, 0.25) is 5.02 Å². The Balaban J connectivity index is 1.69. The molecule has 2 aromatic rings. The molecule has 0 aromatic heterocycles. The van der Waals surface area contributed by atoms with E-state index in [1.807, 2.05) is 11.8 Å². The number of piperazine rings is 1. The van der Waals surface area contributed by atoms with E-state index in [1.54, 1.807) is 36.4 Å². The number of nitrogens with zero attached hydrogens (tertiary/aromatic N) is 2. The van der Waals surface area contributed by atoms with E-state index in [1.165, 1.54) is 10.4 Å². The summed E-state index contributed by atoms with van der Waals surface area (Å²) in [5.41, 5.74) is 0.787. The molecule has 0 N–H and O–H groups in total. The Labute approximate surface area is 158 Å². The van der Waals surface area contributed by atoms with Crippen molar-refractivity contribution in [1.82, 2.24) is 4.31 Å². The average molecular weight is 399 g/mol. The van der Waals surface area contributed by atoms with Crippen molar-refractivity contribution >= 4 is 27.3 Å². The van der Waals surface area contributed by atoms with Gasteiger partial charge in [-0.25, -0.2) is 12.8 Å². The lowest BCUT2D eigenvalue weighted by atomic mass is 10.2. The van der Waals surface area contributed by atoms with Crippen LogP contribution in [0.5, 0.6) is 5.75 Å². The van der Waals surface area contributed by atoms with Crippen LogP contribution in [0.3, 0.4) is 0 Å². The molecular formula is C18H20ClFN2O3S. The third-order valence-corrected chi connectivity index (χ3v) is 6.48. The largest absolute Gasteiger partial charge is 0.494 e. The molecule has 5 nitrogen and oxygen atoms in total. The molecule has 1 heterocycles. The number of ether oxygens (including phenoxy) is 1. The van der Waals surface area contributed by atoms with Crippen LogP contribution in [-0.2, 0) is 10.0 Å². The van der Waals surface area contributed by atoms with Gasteiger partial charge in [-0.3, -0.25) is 0 Å². The minimum absolute atomic E-state index is 0.0620. The van der Waals surface area contributed by atoms with Gasteiger partial charge in [-0.15, -0.1) is 0 Å². The van der Waals surface area contributed by atoms with Gasteiger partial charge in [-0.2, -0.15) is 4.31 Å². The molecule has 1 fully saturated rings. The Morgan fingerprint density at radius 3 is 2.31 bits per heavy atom. The highest BCUT2D eigenvalue weighted by Crippen LogP contribution is 2.25. The molecule has 0 amide bonds. The van der Waals surface area contributed by atoms with E-state index in [2.05, 4.69) is 0 Å². The van der Waals surface area contributed by atoms with Crippen molar-refractivity contribution in [3.05, 3.63) is 53.3 Å². The van der Waals surface area contributed by atoms with E-state index in [0.29, 0.717) is 38.5 Å². The van der Waals surface area contributed by atoms with E-state index in [-0.39, 0.29) is 9.92 Å². The monoisotopic (exact) mass is 398 g/mol. The number of hydrogen-bond acceptors (Lipinski definition) is 4. The Morgan fingerprint density at radius 2 is 1.73 bits per heavy atom. The molecule has 8 heteroatoms. The number of sulfonamides is 1. The van der Waals surface area contributed by atoms with Crippen LogP contribution in [0.25, 0.3) is 0 Å². The molecule has 1 saturated heterocycles. The fourth-order valence-electron chi connectivity index (χ4n) is 2.89. The van der Waals surface area contributed by atoms with Crippen molar-refractivity contribution in [2.75, 3.05) is 37.7 Å². The zero-order valence-electron chi connectivity index (χ0n) is 14.4. The molecule has 2 aromatic carbocycles. The molecule has 26 heavy (non-hydrogen) atoms. The van der Waals surface area contributed by atoms with Crippen LogP contribution in [0.15, 0.2) is 47.4 Å². The van der Waals surface area contributed by atoms with E-state index >= 15 is 0 Å². The molecule has 0 atom stereocenters. The molecule has 0 aliphatic carbocycles. The number of hydrogen-bond donors (Lipinski definition) is 0. The van der Waals surface area contributed by atoms with Crippen LogP contribution in [0.1, 0.15) is 6.92 Å². The predicted molar refractivity (Wildman–Crippen MR) is 100.0 cm³/mol. The van der Waals surface area contributed by atoms with Gasteiger partial charge in [0.05, 0.1) is 16.5 Å². The summed E-state index contributed by atoms with van der Waals surface area (Å²) in [7, 11) is -3.55. The smallest absolute Gasteiger partial charge is 0.243 e. The average Bonchev–Trinajstić information content (AvgIpc) is 2.65. The molecule has 0 radical (unpaired) electrons. The maximum absolute atomic E-state index is 13.3. The third kappa shape index (κ3) is 3.95. The molecule has 0 bridgehead atoms. The summed E-state index contributed by atoms with van der Waals surface area (Å²) in [6.07, 6.45) is 0. The van der Waals surface area contributed by atoms with Gasteiger partial charge in [-0.1, -0.05) is 11.6 Å². The Morgan fingerprint density at radius 1 is 1.08 bits per heavy atom. The number of halogens is 2. The molecule has 3 rings (SSSR count). The molecule has 0 unspecified atom stereocenters. The van der Waals surface area contributed by atoms with Gasteiger partial charge >= 0.3 is 0 Å². The van der Waals surface area contributed by atoms with Crippen LogP contribution < -0.4 is 9.64 Å². The standard InChI is InChI=1S/C18H20ClFN2O3S/c1-2-25-15-4-6-16(7-5-15)26(23,24)22-11-9-21(10-12-22)14-3-8-18(20)17(19)13-14/h3-8,13H,2,9-12H2,1H3. The second-order valence-corrected chi connectivity index (χ2v) is 8.24. The Hall–Kier alpha value is -1.83. The van der Waals surface area contributed by atoms with Gasteiger partial charge in [0.15, 0.2) is 0 Å². The van der Waals surface area contributed by atoms with Gasteiger partial charge < -0.3 is 9.64 Å². The Kier molecular flexibility index (Phi) is 5.70. The molecule has 140 valence electrons. The summed E-state index contributed by atoms with van der Waals surface area (Å²) < 4.78 is 45.7. The van der Waals surface area contributed by atoms with E-state index < -0.39 is 15.8 Å². The van der Waals surface area contributed by atoms with Crippen molar-refractivity contribution in [3.8, 4) is 5.75 Å². The van der Waals surface area contributed by atoms with Crippen molar-refractivity contribution in [2.24, 2.45) is 0 Å². The van der Waals surface area contributed by atoms with Gasteiger partial charge in [0, 0.05) is 31.9 Å². The van der Waals surface area contributed by atoms with Gasteiger partial charge in [0.25, 0.3) is 0 Å². The molecule has 0 spiro atoms. The zero-order chi connectivity index (χ0) is 18.7. The second kappa shape index (κ2) is 7.82. The first-order chi connectivity index (χ1) is 12.4. The van der Waals surface area contributed by atoms with Gasteiger partial charge in [0.2, 0.25) is 10.0 Å². The van der Waals surface area contributed by atoms with E-state index in [4.69, 9.17) is 16.3 Å². The minimum atomic E-state index is -3.55. The summed E-state index contributed by atoms with van der Waals surface area (Å²) in [4.78, 5) is 2.24. The minimum Gasteiger partial charge on any atom is -0.494 e. The van der Waals surface area contributed by atoms with Crippen LogP contribution in [0.4, 0.5) is 10.1 Å². The van der Waals surface area contributed by atoms with Crippen molar-refractivity contribution in [2.45, 2.75) is 11.8 Å². The lowest BCUT2D eigenvalue weighted by Gasteiger charge is -2.35. The maximum atomic E-state index is 13.3. The lowest BCUT2D eigenvalue weighted by Crippen LogP contribution is -2.48. The predicted octanol–water partition coefficient (Wildman–Crippen LogP) is 3.39. The third-order valence-electron chi connectivity index (χ3n) is 4.28. The van der Waals surface area contributed by atoms with E-state index in [0.717, 1.165) is 5.69 Å². The van der Waals surface area contributed by atoms with Crippen LogP contribution >= 0.6 is 11.6 Å². The quantitative estimate of drug-likeness (QED) is 0.774. The lowest BCUT2D eigenvalue weighted by molar-refractivity contribution is 0.340. The van der Waals surface area contributed by atoms with Gasteiger partial charge in [-0.05, 0) is 49.4 Å². The number of anilines is 1. The van der Waals surface area contributed by atoms with Crippen LogP contribution in [0, 0.1) is 5.82 Å². The van der Waals surface area contributed by atoms with Crippen LogP contribution in [-0.4, -0.2) is 45.5 Å². The first-order valence-electron chi connectivity index (χ1n) is 8.35. The van der Waals surface area contributed by atoms with E-state index in [9.17, 15) is 12.8 Å². The normalized spacial score (nSPS) is 15.9. The topological polar surface area (TPSA) is 49.9 Å². The Bertz CT molecular complexity index is 867. The first kappa shape index (κ1) is 18.9. The number of rotatable bonds is 5. The highest BCUT2D eigenvalue weighted by molar-refractivity contribution is 7.89. The summed E-state index contributed by atoms with van der Waals surface area (Å²) in [5, 5.41) is 0.0620. The van der Waals surface area contributed by atoms with Crippen molar-refractivity contribution < 1.29 is 17.5 Å². The first-order valence-corrected chi connectivity index (χ1v) is 10.2. The molecule has 1 aliphatic heterocycles. The summed E-state index contributed by atoms with van der Waals surface area (Å²) in [6.45, 7) is 4.13. The highest BCUT2D eigenvalue weighted by Gasteiger charge is 2.28. The highest BCUT2D eigenvalue weighted by atomic mass is 35.5.